The molecule has 0 bridgehead atoms. The third-order valence-electron chi connectivity index (χ3n) is 4.34. The molecule has 0 aliphatic carbocycles. The van der Waals surface area contributed by atoms with Crippen molar-refractivity contribution in [2.45, 2.75) is 25.5 Å². The van der Waals surface area contributed by atoms with Gasteiger partial charge in [0, 0.05) is 22.0 Å². The molecule has 0 N–H and O–H groups in total. The van der Waals surface area contributed by atoms with Crippen LogP contribution in [0.2, 0.25) is 0 Å². The minimum absolute atomic E-state index is 0.269. The molecule has 1 aliphatic heterocycles. The Labute approximate surface area is 159 Å². The van der Waals surface area contributed by atoms with Gasteiger partial charge in [0.25, 0.3) is 0 Å². The SMILES string of the molecule is Brc1ccccc1-c1csc(=Nc2ccccc2)n1CC1CCCO1. The zero-order chi connectivity index (χ0) is 17.1. The van der Waals surface area contributed by atoms with Gasteiger partial charge in [-0.15, -0.1) is 11.3 Å². The number of hydrogen-bond donors (Lipinski definition) is 0. The Kier molecular flexibility index (Phi) is 5.15. The summed E-state index contributed by atoms with van der Waals surface area (Å²) in [5, 5.41) is 2.19. The molecule has 2 aromatic carbocycles. The third-order valence-corrected chi connectivity index (χ3v) is 5.89. The van der Waals surface area contributed by atoms with Crippen molar-refractivity contribution in [3.63, 3.8) is 0 Å². The van der Waals surface area contributed by atoms with Crippen LogP contribution >= 0.6 is 27.3 Å². The molecule has 1 aliphatic rings. The van der Waals surface area contributed by atoms with Gasteiger partial charge in [-0.3, -0.25) is 0 Å². The second-order valence-corrected chi connectivity index (χ2v) is 7.77. The van der Waals surface area contributed by atoms with Crippen LogP contribution in [0.1, 0.15) is 12.8 Å². The van der Waals surface area contributed by atoms with Crippen LogP contribution in [-0.4, -0.2) is 17.3 Å². The van der Waals surface area contributed by atoms with E-state index in [4.69, 9.17) is 9.73 Å². The Morgan fingerprint density at radius 2 is 1.92 bits per heavy atom. The van der Waals surface area contributed by atoms with Gasteiger partial charge in [0.05, 0.1) is 24.0 Å². The van der Waals surface area contributed by atoms with Gasteiger partial charge in [0.1, 0.15) is 0 Å². The van der Waals surface area contributed by atoms with Gasteiger partial charge in [-0.25, -0.2) is 4.99 Å². The van der Waals surface area contributed by atoms with Crippen molar-refractivity contribution in [3.8, 4) is 11.3 Å². The molecule has 25 heavy (non-hydrogen) atoms. The van der Waals surface area contributed by atoms with Crippen LogP contribution in [0.5, 0.6) is 0 Å². The predicted molar refractivity (Wildman–Crippen MR) is 106 cm³/mol. The van der Waals surface area contributed by atoms with E-state index < -0.39 is 0 Å². The first-order valence-corrected chi connectivity index (χ1v) is 10.1. The van der Waals surface area contributed by atoms with E-state index in [0.717, 1.165) is 41.0 Å². The number of ether oxygens (including phenoxy) is 1. The maximum atomic E-state index is 5.88. The molecular weight excluding hydrogens is 396 g/mol. The van der Waals surface area contributed by atoms with Gasteiger partial charge in [0.15, 0.2) is 4.80 Å². The fourth-order valence-electron chi connectivity index (χ4n) is 3.08. The summed E-state index contributed by atoms with van der Waals surface area (Å²) in [5.41, 5.74) is 3.35. The second kappa shape index (κ2) is 7.68. The number of aromatic nitrogens is 1. The fraction of sp³-hybridized carbons (Fsp3) is 0.250. The Hall–Kier alpha value is -1.69. The highest BCUT2D eigenvalue weighted by atomic mass is 79.9. The van der Waals surface area contributed by atoms with Gasteiger partial charge >= 0.3 is 0 Å². The molecule has 0 saturated carbocycles. The van der Waals surface area contributed by atoms with E-state index in [1.54, 1.807) is 11.3 Å². The average molecular weight is 415 g/mol. The normalized spacial score (nSPS) is 18.0. The number of benzene rings is 2. The lowest BCUT2D eigenvalue weighted by Gasteiger charge is -2.14. The first-order chi connectivity index (χ1) is 12.3. The first-order valence-electron chi connectivity index (χ1n) is 8.46. The molecule has 3 aromatic rings. The average Bonchev–Trinajstić information content (AvgIpc) is 3.28. The second-order valence-electron chi connectivity index (χ2n) is 6.08. The molecule has 0 amide bonds. The maximum absolute atomic E-state index is 5.88. The van der Waals surface area contributed by atoms with E-state index in [1.165, 1.54) is 11.3 Å². The molecule has 1 saturated heterocycles. The third kappa shape index (κ3) is 3.78. The highest BCUT2D eigenvalue weighted by molar-refractivity contribution is 9.10. The van der Waals surface area contributed by atoms with Crippen LogP contribution in [0.25, 0.3) is 11.3 Å². The Bertz CT molecular complexity index is 911. The summed E-state index contributed by atoms with van der Waals surface area (Å²) in [5.74, 6) is 0. The molecule has 3 nitrogen and oxygen atoms in total. The van der Waals surface area contributed by atoms with Crippen LogP contribution in [0, 0.1) is 0 Å². The van der Waals surface area contributed by atoms with Crippen LogP contribution in [0.4, 0.5) is 5.69 Å². The Morgan fingerprint density at radius 3 is 2.68 bits per heavy atom. The lowest BCUT2D eigenvalue weighted by atomic mass is 10.1. The zero-order valence-electron chi connectivity index (χ0n) is 13.8. The van der Waals surface area contributed by atoms with Gasteiger partial charge in [-0.05, 0) is 31.0 Å². The lowest BCUT2D eigenvalue weighted by Crippen LogP contribution is -2.24. The summed E-state index contributed by atoms with van der Waals surface area (Å²) in [6, 6.07) is 18.5. The molecule has 1 fully saturated rings. The zero-order valence-corrected chi connectivity index (χ0v) is 16.2. The molecule has 0 radical (unpaired) electrons. The van der Waals surface area contributed by atoms with E-state index in [2.05, 4.69) is 44.1 Å². The summed E-state index contributed by atoms with van der Waals surface area (Å²) in [4.78, 5) is 5.88. The number of para-hydroxylation sites is 1. The summed E-state index contributed by atoms with van der Waals surface area (Å²) >= 11 is 5.36. The van der Waals surface area contributed by atoms with Crippen molar-refractivity contribution in [2.75, 3.05) is 6.61 Å². The summed E-state index contributed by atoms with van der Waals surface area (Å²) < 4.78 is 9.28. The quantitative estimate of drug-likeness (QED) is 0.561. The summed E-state index contributed by atoms with van der Waals surface area (Å²) in [6.45, 7) is 1.71. The fourth-order valence-corrected chi connectivity index (χ4v) is 4.50. The van der Waals surface area contributed by atoms with Crippen molar-refractivity contribution < 1.29 is 4.74 Å². The summed E-state index contributed by atoms with van der Waals surface area (Å²) in [7, 11) is 0. The van der Waals surface area contributed by atoms with Gasteiger partial charge < -0.3 is 9.30 Å². The van der Waals surface area contributed by atoms with Crippen molar-refractivity contribution in [3.05, 3.63) is 69.3 Å². The molecule has 5 heteroatoms. The number of hydrogen-bond acceptors (Lipinski definition) is 3. The molecule has 1 atom stereocenters. The Balaban J connectivity index is 1.82. The van der Waals surface area contributed by atoms with Crippen LogP contribution < -0.4 is 4.80 Å². The molecule has 128 valence electrons. The number of halogens is 1. The van der Waals surface area contributed by atoms with Crippen molar-refractivity contribution in [1.29, 1.82) is 0 Å². The highest BCUT2D eigenvalue weighted by Gasteiger charge is 2.19. The number of rotatable bonds is 4. The lowest BCUT2D eigenvalue weighted by molar-refractivity contribution is 0.0968. The topological polar surface area (TPSA) is 26.5 Å². The molecular formula is C20H19BrN2OS. The predicted octanol–water partition coefficient (Wildman–Crippen LogP) is 5.39. The van der Waals surface area contributed by atoms with Gasteiger partial charge in [-0.1, -0.05) is 52.3 Å². The molecule has 4 rings (SSSR count). The molecule has 1 unspecified atom stereocenters. The van der Waals surface area contributed by atoms with Crippen LogP contribution in [0.3, 0.4) is 0 Å². The monoisotopic (exact) mass is 414 g/mol. The molecule has 1 aromatic heterocycles. The van der Waals surface area contributed by atoms with E-state index in [0.29, 0.717) is 0 Å². The highest BCUT2D eigenvalue weighted by Crippen LogP contribution is 2.29. The Morgan fingerprint density at radius 1 is 1.12 bits per heavy atom. The molecule has 0 spiro atoms. The van der Waals surface area contributed by atoms with Crippen molar-refractivity contribution in [1.82, 2.24) is 4.57 Å². The maximum Gasteiger partial charge on any atom is 0.190 e. The van der Waals surface area contributed by atoms with Crippen molar-refractivity contribution >= 4 is 33.0 Å². The first kappa shape index (κ1) is 16.8. The minimum atomic E-state index is 0.269. The minimum Gasteiger partial charge on any atom is -0.376 e. The van der Waals surface area contributed by atoms with Gasteiger partial charge in [-0.2, -0.15) is 0 Å². The number of thiazole rings is 1. The van der Waals surface area contributed by atoms with Gasteiger partial charge in [0.2, 0.25) is 0 Å². The van der Waals surface area contributed by atoms with Crippen LogP contribution in [0.15, 0.2) is 69.4 Å². The smallest absolute Gasteiger partial charge is 0.190 e. The van der Waals surface area contributed by atoms with E-state index >= 15 is 0 Å². The molecule has 2 heterocycles. The summed E-state index contributed by atoms with van der Waals surface area (Å²) in [6.07, 6.45) is 2.53. The van der Waals surface area contributed by atoms with Crippen LogP contribution in [-0.2, 0) is 11.3 Å². The van der Waals surface area contributed by atoms with E-state index in [9.17, 15) is 0 Å². The largest absolute Gasteiger partial charge is 0.376 e. The number of nitrogens with zero attached hydrogens (tertiary/aromatic N) is 2. The van der Waals surface area contributed by atoms with E-state index in [-0.39, 0.29) is 6.10 Å². The van der Waals surface area contributed by atoms with Crippen molar-refractivity contribution in [2.24, 2.45) is 4.99 Å². The van der Waals surface area contributed by atoms with E-state index in [1.807, 2.05) is 36.4 Å². The standard InChI is InChI=1S/C20H19BrN2OS/c21-18-11-5-4-10-17(18)19-14-25-20(22-15-7-2-1-3-8-15)23(19)13-16-9-6-12-24-16/h1-5,7-8,10-11,14,16H,6,9,12-13H2.